The van der Waals surface area contributed by atoms with E-state index < -0.39 is 0 Å². The minimum atomic E-state index is -0.0362. The molecule has 0 saturated carbocycles. The van der Waals surface area contributed by atoms with Gasteiger partial charge in [0.15, 0.2) is 0 Å². The Kier molecular flexibility index (Phi) is 5.04. The van der Waals surface area contributed by atoms with E-state index in [2.05, 4.69) is 38.1 Å². The van der Waals surface area contributed by atoms with Gasteiger partial charge in [-0.3, -0.25) is 4.90 Å². The van der Waals surface area contributed by atoms with E-state index in [0.717, 1.165) is 34.4 Å². The topological polar surface area (TPSA) is 51.4 Å². The number of likely N-dealkylation sites (tertiary alicyclic amines) is 1. The number of hydrogen-bond donors (Lipinski definition) is 0. The molecule has 4 rings (SSSR count). The van der Waals surface area contributed by atoms with Crippen molar-refractivity contribution in [1.29, 1.82) is 0 Å². The normalized spacial score (nSPS) is 15.9. The highest BCUT2D eigenvalue weighted by atomic mass is 79.9. The molecule has 0 radical (unpaired) electrons. The van der Waals surface area contributed by atoms with Gasteiger partial charge in [-0.25, -0.2) is 0 Å². The van der Waals surface area contributed by atoms with Crippen LogP contribution >= 0.6 is 15.9 Å². The van der Waals surface area contributed by atoms with Gasteiger partial charge in [0.05, 0.1) is 12.7 Å². The number of nitrogens with zero attached hydrogens (tertiary/aromatic N) is 3. The first kappa shape index (κ1) is 17.2. The number of para-hydroxylation sites is 1. The third-order valence-corrected chi connectivity index (χ3v) is 5.19. The molecule has 0 bridgehead atoms. The Labute approximate surface area is 161 Å². The molecule has 5 nitrogen and oxygen atoms in total. The van der Waals surface area contributed by atoms with Gasteiger partial charge >= 0.3 is 0 Å². The summed E-state index contributed by atoms with van der Waals surface area (Å²) in [6, 6.07) is 16.0. The van der Waals surface area contributed by atoms with Gasteiger partial charge in [0, 0.05) is 4.47 Å². The van der Waals surface area contributed by atoms with Gasteiger partial charge in [0.25, 0.3) is 0 Å². The number of halogens is 1. The summed E-state index contributed by atoms with van der Waals surface area (Å²) in [5.41, 5.74) is 1.98. The monoisotopic (exact) mass is 413 g/mol. The van der Waals surface area contributed by atoms with E-state index in [1.54, 1.807) is 7.11 Å². The molecule has 2 aromatic carbocycles. The number of ether oxygens (including phenoxy) is 1. The first-order chi connectivity index (χ1) is 12.8. The van der Waals surface area contributed by atoms with E-state index in [9.17, 15) is 0 Å². The van der Waals surface area contributed by atoms with Crippen molar-refractivity contribution >= 4 is 15.9 Å². The first-order valence-corrected chi connectivity index (χ1v) is 9.52. The number of methoxy groups -OCH3 is 1. The third-order valence-electron chi connectivity index (χ3n) is 4.69. The molecule has 0 amide bonds. The molecule has 3 aromatic rings. The van der Waals surface area contributed by atoms with Crippen molar-refractivity contribution in [2.24, 2.45) is 0 Å². The quantitative estimate of drug-likeness (QED) is 0.606. The van der Waals surface area contributed by atoms with E-state index >= 15 is 0 Å². The van der Waals surface area contributed by atoms with Crippen molar-refractivity contribution < 1.29 is 9.26 Å². The Morgan fingerprint density at radius 2 is 1.92 bits per heavy atom. The van der Waals surface area contributed by atoms with Gasteiger partial charge in [0.1, 0.15) is 11.8 Å². The molecular formula is C20H20BrN3O2. The molecule has 0 aliphatic carbocycles. The number of benzene rings is 2. The molecule has 0 spiro atoms. The first-order valence-electron chi connectivity index (χ1n) is 8.73. The minimum Gasteiger partial charge on any atom is -0.496 e. The smallest absolute Gasteiger partial charge is 0.248 e. The summed E-state index contributed by atoms with van der Waals surface area (Å²) < 4.78 is 12.2. The van der Waals surface area contributed by atoms with Crippen LogP contribution < -0.4 is 4.74 Å². The molecule has 1 fully saturated rings. The Morgan fingerprint density at radius 1 is 1.12 bits per heavy atom. The van der Waals surface area contributed by atoms with Crippen molar-refractivity contribution in [2.45, 2.75) is 18.9 Å². The standard InChI is InChI=1S/C20H20BrN3O2/c1-25-17-10-3-2-9-16(17)19-22-20(26-23-19)18(24-11-4-5-12-24)14-7-6-8-15(21)13-14/h2-3,6-10,13,18H,4-5,11-12H2,1H3/t18-/m0/s1. The highest BCUT2D eigenvalue weighted by Gasteiger charge is 2.30. The Hall–Kier alpha value is -2.18. The Balaban J connectivity index is 1.74. The number of hydrogen-bond acceptors (Lipinski definition) is 5. The molecule has 2 heterocycles. The lowest BCUT2D eigenvalue weighted by Gasteiger charge is -2.24. The zero-order valence-corrected chi connectivity index (χ0v) is 16.1. The average molecular weight is 414 g/mol. The van der Waals surface area contributed by atoms with E-state index in [1.165, 1.54) is 12.8 Å². The van der Waals surface area contributed by atoms with Crippen molar-refractivity contribution in [3.05, 3.63) is 64.5 Å². The van der Waals surface area contributed by atoms with Crippen LogP contribution in [0.5, 0.6) is 5.75 Å². The van der Waals surface area contributed by atoms with Gasteiger partial charge in [-0.15, -0.1) is 0 Å². The lowest BCUT2D eigenvalue weighted by molar-refractivity contribution is 0.225. The molecule has 26 heavy (non-hydrogen) atoms. The van der Waals surface area contributed by atoms with Gasteiger partial charge in [0.2, 0.25) is 11.7 Å². The largest absolute Gasteiger partial charge is 0.496 e. The summed E-state index contributed by atoms with van der Waals surface area (Å²) in [5.74, 6) is 1.91. The minimum absolute atomic E-state index is 0.0362. The maximum atomic E-state index is 5.71. The molecular weight excluding hydrogens is 394 g/mol. The van der Waals surface area contributed by atoms with Crippen molar-refractivity contribution in [2.75, 3.05) is 20.2 Å². The summed E-state index contributed by atoms with van der Waals surface area (Å²) in [6.45, 7) is 2.06. The second-order valence-corrected chi connectivity index (χ2v) is 7.27. The fraction of sp³-hybridized carbons (Fsp3) is 0.300. The molecule has 1 saturated heterocycles. The van der Waals surface area contributed by atoms with Crippen LogP contribution in [0.3, 0.4) is 0 Å². The van der Waals surface area contributed by atoms with Crippen molar-refractivity contribution in [3.8, 4) is 17.1 Å². The van der Waals surface area contributed by atoms with Crippen LogP contribution in [-0.2, 0) is 0 Å². The molecule has 0 N–H and O–H groups in total. The zero-order valence-electron chi connectivity index (χ0n) is 14.6. The van der Waals surface area contributed by atoms with Crippen LogP contribution in [-0.4, -0.2) is 35.2 Å². The van der Waals surface area contributed by atoms with Crippen LogP contribution in [0.1, 0.15) is 30.3 Å². The zero-order chi connectivity index (χ0) is 17.9. The van der Waals surface area contributed by atoms with Gasteiger partial charge in [-0.05, 0) is 55.8 Å². The molecule has 6 heteroatoms. The van der Waals surface area contributed by atoms with Gasteiger partial charge < -0.3 is 9.26 Å². The predicted molar refractivity (Wildman–Crippen MR) is 103 cm³/mol. The molecule has 1 aliphatic heterocycles. The number of rotatable bonds is 5. The Bertz CT molecular complexity index is 890. The predicted octanol–water partition coefficient (Wildman–Crippen LogP) is 4.69. The van der Waals surface area contributed by atoms with Crippen LogP contribution in [0.25, 0.3) is 11.4 Å². The summed E-state index contributed by atoms with van der Waals surface area (Å²) in [4.78, 5) is 7.13. The molecule has 1 aromatic heterocycles. The summed E-state index contributed by atoms with van der Waals surface area (Å²) in [7, 11) is 1.65. The average Bonchev–Trinajstić information content (AvgIpc) is 3.35. The molecule has 134 valence electrons. The Morgan fingerprint density at radius 3 is 2.69 bits per heavy atom. The highest BCUT2D eigenvalue weighted by molar-refractivity contribution is 9.10. The van der Waals surface area contributed by atoms with E-state index in [0.29, 0.717) is 11.7 Å². The van der Waals surface area contributed by atoms with Crippen LogP contribution in [0.2, 0.25) is 0 Å². The van der Waals surface area contributed by atoms with Crippen molar-refractivity contribution in [3.63, 3.8) is 0 Å². The second kappa shape index (κ2) is 7.60. The lowest BCUT2D eigenvalue weighted by atomic mass is 10.1. The fourth-order valence-corrected chi connectivity index (χ4v) is 3.89. The lowest BCUT2D eigenvalue weighted by Crippen LogP contribution is -2.26. The molecule has 1 aliphatic rings. The van der Waals surface area contributed by atoms with Crippen LogP contribution in [0.4, 0.5) is 0 Å². The van der Waals surface area contributed by atoms with Crippen LogP contribution in [0.15, 0.2) is 57.5 Å². The third kappa shape index (κ3) is 3.39. The van der Waals surface area contributed by atoms with E-state index in [-0.39, 0.29) is 6.04 Å². The summed E-state index contributed by atoms with van der Waals surface area (Å²) >= 11 is 3.57. The maximum absolute atomic E-state index is 5.71. The SMILES string of the molecule is COc1ccccc1-c1noc([C@H](c2cccc(Br)c2)N2CCCC2)n1. The molecule has 1 atom stereocenters. The van der Waals surface area contributed by atoms with Gasteiger partial charge in [-0.1, -0.05) is 45.4 Å². The highest BCUT2D eigenvalue weighted by Crippen LogP contribution is 2.34. The fourth-order valence-electron chi connectivity index (χ4n) is 3.47. The number of aromatic nitrogens is 2. The van der Waals surface area contributed by atoms with Gasteiger partial charge in [-0.2, -0.15) is 4.98 Å². The maximum Gasteiger partial charge on any atom is 0.248 e. The molecule has 0 unspecified atom stereocenters. The second-order valence-electron chi connectivity index (χ2n) is 6.36. The van der Waals surface area contributed by atoms with E-state index in [1.807, 2.05) is 36.4 Å². The van der Waals surface area contributed by atoms with E-state index in [4.69, 9.17) is 14.2 Å². The van der Waals surface area contributed by atoms with Crippen LogP contribution in [0, 0.1) is 0 Å². The van der Waals surface area contributed by atoms with Crippen molar-refractivity contribution in [1.82, 2.24) is 15.0 Å². The summed E-state index contributed by atoms with van der Waals surface area (Å²) in [5, 5.41) is 4.23. The summed E-state index contributed by atoms with van der Waals surface area (Å²) in [6.07, 6.45) is 2.38.